The van der Waals surface area contributed by atoms with Gasteiger partial charge in [-0.3, -0.25) is 0 Å². The molecule has 70 valence electrons. The van der Waals surface area contributed by atoms with Gasteiger partial charge in [0.1, 0.15) is 0 Å². The number of halogens is 1. The Hall–Kier alpha value is -0.730. The molecule has 0 radical (unpaired) electrons. The summed E-state index contributed by atoms with van der Waals surface area (Å²) in [6, 6.07) is 7.70. The average molecular weight is 197 g/mol. The third-order valence-corrected chi connectivity index (χ3v) is 2.60. The van der Waals surface area contributed by atoms with E-state index in [1.54, 1.807) is 0 Å². The van der Waals surface area contributed by atoms with Crippen LogP contribution in [-0.4, -0.2) is 12.1 Å². The lowest BCUT2D eigenvalue weighted by Crippen LogP contribution is -2.30. The summed E-state index contributed by atoms with van der Waals surface area (Å²) < 4.78 is 0. The Morgan fingerprint density at radius 2 is 2.23 bits per heavy atom. The van der Waals surface area contributed by atoms with E-state index in [1.807, 2.05) is 24.3 Å². The summed E-state index contributed by atoms with van der Waals surface area (Å²) in [4.78, 5) is 0. The lowest BCUT2D eigenvalue weighted by molar-refractivity contribution is 0.713. The van der Waals surface area contributed by atoms with Crippen molar-refractivity contribution >= 4 is 17.3 Å². The molecule has 1 aliphatic carbocycles. The van der Waals surface area contributed by atoms with Crippen LogP contribution in [0.4, 0.5) is 5.69 Å². The highest BCUT2D eigenvalue weighted by atomic mass is 35.5. The molecule has 13 heavy (non-hydrogen) atoms. The smallest absolute Gasteiger partial charge is 0.0426 e. The third kappa shape index (κ3) is 2.36. The largest absolute Gasteiger partial charge is 0.383 e. The van der Waals surface area contributed by atoms with Gasteiger partial charge in [-0.15, -0.1) is 0 Å². The van der Waals surface area contributed by atoms with Gasteiger partial charge in [0, 0.05) is 22.8 Å². The van der Waals surface area contributed by atoms with Gasteiger partial charge < -0.3 is 11.1 Å². The molecule has 0 amide bonds. The highest BCUT2D eigenvalue weighted by molar-refractivity contribution is 6.30. The van der Waals surface area contributed by atoms with Crippen LogP contribution in [0.25, 0.3) is 0 Å². The molecule has 1 fully saturated rings. The van der Waals surface area contributed by atoms with Crippen molar-refractivity contribution in [1.29, 1.82) is 0 Å². The zero-order valence-electron chi connectivity index (χ0n) is 7.39. The van der Waals surface area contributed by atoms with Crippen molar-refractivity contribution in [3.05, 3.63) is 29.3 Å². The maximum Gasteiger partial charge on any atom is 0.0426 e. The molecule has 2 nitrogen and oxygen atoms in total. The minimum Gasteiger partial charge on any atom is -0.383 e. The summed E-state index contributed by atoms with van der Waals surface area (Å²) >= 11 is 5.84. The van der Waals surface area contributed by atoms with Gasteiger partial charge in [0.25, 0.3) is 0 Å². The molecule has 1 aromatic carbocycles. The molecule has 0 heterocycles. The van der Waals surface area contributed by atoms with Gasteiger partial charge in [-0.25, -0.2) is 0 Å². The Bertz CT molecular complexity index is 308. The highest BCUT2D eigenvalue weighted by Gasteiger charge is 2.37. The minimum atomic E-state index is 0.0440. The number of nitrogens with two attached hydrogens (primary N) is 1. The van der Waals surface area contributed by atoms with E-state index >= 15 is 0 Å². The highest BCUT2D eigenvalue weighted by Crippen LogP contribution is 2.32. The molecule has 0 spiro atoms. The lowest BCUT2D eigenvalue weighted by atomic mass is 10.2. The number of hydrogen-bond acceptors (Lipinski definition) is 2. The van der Waals surface area contributed by atoms with Gasteiger partial charge in [0.2, 0.25) is 0 Å². The first kappa shape index (κ1) is 8.85. The zero-order chi connectivity index (χ0) is 9.31. The minimum absolute atomic E-state index is 0.0440. The summed E-state index contributed by atoms with van der Waals surface area (Å²) in [5.74, 6) is 0. The maximum atomic E-state index is 5.94. The van der Waals surface area contributed by atoms with Crippen LogP contribution in [0, 0.1) is 0 Å². The molecule has 0 aliphatic heterocycles. The van der Waals surface area contributed by atoms with Gasteiger partial charge in [-0.1, -0.05) is 17.7 Å². The van der Waals surface area contributed by atoms with Crippen LogP contribution >= 0.6 is 11.6 Å². The van der Waals surface area contributed by atoms with Crippen LogP contribution in [0.5, 0.6) is 0 Å². The van der Waals surface area contributed by atoms with Crippen LogP contribution in [0.1, 0.15) is 12.8 Å². The Labute approximate surface area is 83.1 Å². The molecule has 0 unspecified atom stereocenters. The summed E-state index contributed by atoms with van der Waals surface area (Å²) in [6.07, 6.45) is 2.25. The van der Waals surface area contributed by atoms with E-state index in [9.17, 15) is 0 Å². The quantitative estimate of drug-likeness (QED) is 0.778. The van der Waals surface area contributed by atoms with E-state index in [2.05, 4.69) is 5.32 Å². The van der Waals surface area contributed by atoms with E-state index in [0.717, 1.165) is 30.1 Å². The fourth-order valence-electron chi connectivity index (χ4n) is 1.21. The molecule has 0 aromatic heterocycles. The SMILES string of the molecule is NC1(CNc2cccc(Cl)c2)CC1. The Morgan fingerprint density at radius 1 is 1.46 bits per heavy atom. The van der Waals surface area contributed by atoms with Gasteiger partial charge in [0.05, 0.1) is 0 Å². The molecule has 1 aromatic rings. The summed E-state index contributed by atoms with van der Waals surface area (Å²) in [5, 5.41) is 4.03. The van der Waals surface area contributed by atoms with Crippen molar-refractivity contribution < 1.29 is 0 Å². The van der Waals surface area contributed by atoms with E-state index in [0.29, 0.717) is 0 Å². The van der Waals surface area contributed by atoms with Gasteiger partial charge in [-0.2, -0.15) is 0 Å². The summed E-state index contributed by atoms with van der Waals surface area (Å²) in [6.45, 7) is 0.841. The first-order chi connectivity index (χ1) is 6.18. The van der Waals surface area contributed by atoms with Crippen LogP contribution in [-0.2, 0) is 0 Å². The van der Waals surface area contributed by atoms with Crippen LogP contribution in [0.15, 0.2) is 24.3 Å². The predicted molar refractivity (Wildman–Crippen MR) is 56.1 cm³/mol. The Kier molecular flexibility index (Phi) is 2.18. The van der Waals surface area contributed by atoms with Crippen molar-refractivity contribution in [1.82, 2.24) is 0 Å². The average Bonchev–Trinajstić information content (AvgIpc) is 2.82. The van der Waals surface area contributed by atoms with Crippen molar-refractivity contribution in [2.24, 2.45) is 5.73 Å². The standard InChI is InChI=1S/C10H13ClN2/c11-8-2-1-3-9(6-8)13-7-10(12)4-5-10/h1-3,6,13H,4-5,7,12H2. The Morgan fingerprint density at radius 3 is 2.85 bits per heavy atom. The molecule has 1 saturated carbocycles. The molecule has 0 bridgehead atoms. The van der Waals surface area contributed by atoms with Crippen LogP contribution in [0.2, 0.25) is 5.02 Å². The monoisotopic (exact) mass is 196 g/mol. The molecular formula is C10H13ClN2. The maximum absolute atomic E-state index is 5.94. The topological polar surface area (TPSA) is 38.0 Å². The molecular weight excluding hydrogens is 184 g/mol. The first-order valence-corrected chi connectivity index (χ1v) is 4.84. The van der Waals surface area contributed by atoms with E-state index in [4.69, 9.17) is 17.3 Å². The fraction of sp³-hybridized carbons (Fsp3) is 0.400. The van der Waals surface area contributed by atoms with Crippen molar-refractivity contribution in [2.75, 3.05) is 11.9 Å². The van der Waals surface area contributed by atoms with E-state index in [1.165, 1.54) is 0 Å². The number of hydrogen-bond donors (Lipinski definition) is 2. The van der Waals surface area contributed by atoms with E-state index < -0.39 is 0 Å². The van der Waals surface area contributed by atoms with E-state index in [-0.39, 0.29) is 5.54 Å². The third-order valence-electron chi connectivity index (χ3n) is 2.36. The van der Waals surface area contributed by atoms with Crippen molar-refractivity contribution in [3.8, 4) is 0 Å². The molecule has 0 saturated heterocycles. The van der Waals surface area contributed by atoms with Gasteiger partial charge >= 0.3 is 0 Å². The zero-order valence-corrected chi connectivity index (χ0v) is 8.14. The molecule has 3 N–H and O–H groups in total. The van der Waals surface area contributed by atoms with Gasteiger partial charge in [-0.05, 0) is 31.0 Å². The van der Waals surface area contributed by atoms with Crippen LogP contribution in [0.3, 0.4) is 0 Å². The summed E-state index contributed by atoms with van der Waals surface area (Å²) in [5.41, 5.74) is 7.03. The Balaban J connectivity index is 1.94. The number of benzene rings is 1. The number of rotatable bonds is 3. The fourth-order valence-corrected chi connectivity index (χ4v) is 1.40. The lowest BCUT2D eigenvalue weighted by Gasteiger charge is -2.11. The number of nitrogens with one attached hydrogen (secondary N) is 1. The molecule has 2 rings (SSSR count). The second kappa shape index (κ2) is 3.20. The molecule has 0 atom stereocenters. The first-order valence-electron chi connectivity index (χ1n) is 4.46. The van der Waals surface area contributed by atoms with Crippen LogP contribution < -0.4 is 11.1 Å². The van der Waals surface area contributed by atoms with Crippen molar-refractivity contribution in [2.45, 2.75) is 18.4 Å². The summed E-state index contributed by atoms with van der Waals surface area (Å²) in [7, 11) is 0. The van der Waals surface area contributed by atoms with Gasteiger partial charge in [0.15, 0.2) is 0 Å². The number of anilines is 1. The normalized spacial score (nSPS) is 18.3. The predicted octanol–water partition coefficient (Wildman–Crippen LogP) is 2.24. The second-order valence-corrected chi connectivity index (χ2v) is 4.16. The molecule has 1 aliphatic rings. The molecule has 3 heteroatoms. The second-order valence-electron chi connectivity index (χ2n) is 3.73. The van der Waals surface area contributed by atoms with Crippen molar-refractivity contribution in [3.63, 3.8) is 0 Å².